The number of H-pyrrole nitrogens is 1. The van der Waals surface area contributed by atoms with Gasteiger partial charge in [-0.2, -0.15) is 4.39 Å². The van der Waals surface area contributed by atoms with Gasteiger partial charge in [0.05, 0.1) is 23.4 Å². The summed E-state index contributed by atoms with van der Waals surface area (Å²) in [7, 11) is 0. The summed E-state index contributed by atoms with van der Waals surface area (Å²) >= 11 is 1.05. The summed E-state index contributed by atoms with van der Waals surface area (Å²) in [4.78, 5) is 24.1. The fourth-order valence-corrected chi connectivity index (χ4v) is 3.05. The third-order valence-corrected chi connectivity index (χ3v) is 4.10. The average Bonchev–Trinajstić information content (AvgIpc) is 2.65. The van der Waals surface area contributed by atoms with Crippen LogP contribution in [-0.2, 0) is 0 Å². The summed E-state index contributed by atoms with van der Waals surface area (Å²) in [5.41, 5.74) is -1.87. The number of aliphatic hydroxyl groups is 1. The molecule has 0 radical (unpaired) electrons. The zero-order valence-corrected chi connectivity index (χ0v) is 9.42. The third-order valence-electron chi connectivity index (χ3n) is 2.58. The molecule has 2 heterocycles. The summed E-state index contributed by atoms with van der Waals surface area (Å²) in [6, 6.07) is 0. The largest absolute Gasteiger partial charge is 0.395 e. The van der Waals surface area contributed by atoms with Crippen molar-refractivity contribution in [1.29, 1.82) is 0 Å². The van der Waals surface area contributed by atoms with Crippen LogP contribution >= 0.6 is 11.8 Å². The highest BCUT2D eigenvalue weighted by Crippen LogP contribution is 2.41. The van der Waals surface area contributed by atoms with E-state index in [0.717, 1.165) is 22.5 Å². The number of nitrogens with one attached hydrogen (secondary N) is 1. The second kappa shape index (κ2) is 4.61. The Kier molecular flexibility index (Phi) is 3.34. The third kappa shape index (κ3) is 2.27. The molecule has 0 aromatic carbocycles. The number of alkyl halides is 1. The van der Waals surface area contributed by atoms with Crippen molar-refractivity contribution in [3.8, 4) is 0 Å². The van der Waals surface area contributed by atoms with Crippen molar-refractivity contribution in [3.05, 3.63) is 32.9 Å². The number of halogens is 2. The van der Waals surface area contributed by atoms with Crippen molar-refractivity contribution >= 4 is 11.8 Å². The molecule has 8 heteroatoms. The number of nitrogens with zero attached hydrogens (tertiary/aromatic N) is 1. The molecule has 1 fully saturated rings. The Balaban J connectivity index is 2.34. The second-order valence-corrected chi connectivity index (χ2v) is 5.13. The summed E-state index contributed by atoms with van der Waals surface area (Å²) in [5, 5.41) is 7.66. The first-order valence-corrected chi connectivity index (χ1v) is 5.88. The van der Waals surface area contributed by atoms with Crippen LogP contribution in [0.3, 0.4) is 0 Å². The topological polar surface area (TPSA) is 75.1 Å². The van der Waals surface area contributed by atoms with Crippen LogP contribution in [0.15, 0.2) is 15.8 Å². The summed E-state index contributed by atoms with van der Waals surface area (Å²) < 4.78 is 27.4. The predicted molar refractivity (Wildman–Crippen MR) is 58.3 cm³/mol. The Morgan fingerprint density at radius 1 is 1.59 bits per heavy atom. The second-order valence-electron chi connectivity index (χ2n) is 3.71. The Hall–Kier alpha value is -1.15. The molecule has 0 aliphatic carbocycles. The van der Waals surface area contributed by atoms with Crippen molar-refractivity contribution in [2.24, 2.45) is 0 Å². The summed E-state index contributed by atoms with van der Waals surface area (Å²) in [6.45, 7) is -0.344. The van der Waals surface area contributed by atoms with Crippen molar-refractivity contribution in [2.45, 2.75) is 23.2 Å². The van der Waals surface area contributed by atoms with E-state index in [4.69, 9.17) is 5.11 Å². The van der Waals surface area contributed by atoms with E-state index in [1.54, 1.807) is 0 Å². The molecule has 0 spiro atoms. The lowest BCUT2D eigenvalue weighted by molar-refractivity contribution is 0.227. The lowest BCUT2D eigenvalue weighted by atomic mass is 10.2. The van der Waals surface area contributed by atoms with Crippen molar-refractivity contribution in [2.75, 3.05) is 6.61 Å². The molecule has 0 bridgehead atoms. The number of hydrogen-bond acceptors (Lipinski definition) is 4. The molecule has 1 aromatic heterocycles. The molecular weight excluding hydrogens is 254 g/mol. The van der Waals surface area contributed by atoms with Crippen LogP contribution in [-0.4, -0.2) is 32.7 Å². The molecule has 2 rings (SSSR count). The van der Waals surface area contributed by atoms with E-state index in [1.165, 1.54) is 0 Å². The van der Waals surface area contributed by atoms with Gasteiger partial charge in [-0.1, -0.05) is 0 Å². The van der Waals surface area contributed by atoms with Gasteiger partial charge >= 0.3 is 5.69 Å². The van der Waals surface area contributed by atoms with Crippen molar-refractivity contribution in [3.63, 3.8) is 0 Å². The van der Waals surface area contributed by atoms with E-state index < -0.39 is 33.9 Å². The van der Waals surface area contributed by atoms with Crippen LogP contribution in [0.1, 0.15) is 11.8 Å². The molecule has 0 saturated carbocycles. The van der Waals surface area contributed by atoms with Gasteiger partial charge in [0.2, 0.25) is 5.82 Å². The van der Waals surface area contributed by atoms with Crippen LogP contribution in [0.2, 0.25) is 0 Å². The van der Waals surface area contributed by atoms with Crippen molar-refractivity contribution in [1.82, 2.24) is 9.55 Å². The Labute approximate surface area is 98.5 Å². The fraction of sp³-hybridized carbons (Fsp3) is 0.556. The number of rotatable bonds is 2. The lowest BCUT2D eigenvalue weighted by Gasteiger charge is -2.12. The minimum Gasteiger partial charge on any atom is -0.395 e. The maximum atomic E-state index is 13.4. The molecule has 94 valence electrons. The van der Waals surface area contributed by atoms with E-state index >= 15 is 0 Å². The van der Waals surface area contributed by atoms with E-state index in [9.17, 15) is 18.4 Å². The zero-order chi connectivity index (χ0) is 12.6. The van der Waals surface area contributed by atoms with E-state index in [1.807, 2.05) is 4.98 Å². The number of thioether (sulfide) groups is 1. The Morgan fingerprint density at radius 3 is 2.88 bits per heavy atom. The molecule has 1 aliphatic rings. The van der Waals surface area contributed by atoms with Gasteiger partial charge in [0.15, 0.2) is 0 Å². The van der Waals surface area contributed by atoms with E-state index in [-0.39, 0.29) is 13.0 Å². The maximum Gasteiger partial charge on any atom is 0.329 e. The highest BCUT2D eigenvalue weighted by atomic mass is 32.2. The Bertz CT molecular complexity index is 530. The van der Waals surface area contributed by atoms with Crippen LogP contribution < -0.4 is 11.2 Å². The molecule has 1 saturated heterocycles. The minimum absolute atomic E-state index is 0.00127. The molecule has 1 aliphatic heterocycles. The van der Waals surface area contributed by atoms with E-state index in [0.29, 0.717) is 0 Å². The first kappa shape index (κ1) is 12.3. The summed E-state index contributed by atoms with van der Waals surface area (Å²) in [6.07, 6.45) is -0.482. The molecule has 17 heavy (non-hydrogen) atoms. The standard InChI is InChI=1S/C9H10F2N2O3S/c10-4-1-7(17-6(4)3-14)13-2-5(11)8(15)12-9(13)16/h2,4,6-7,14H,1,3H2,(H,12,15,16)/t4-,6+,7+/m0/s1. The molecule has 2 N–H and O–H groups in total. The van der Waals surface area contributed by atoms with Gasteiger partial charge < -0.3 is 5.11 Å². The lowest BCUT2D eigenvalue weighted by Crippen LogP contribution is -2.32. The first-order chi connectivity index (χ1) is 8.02. The van der Waals surface area contributed by atoms with Gasteiger partial charge in [0.1, 0.15) is 6.17 Å². The van der Waals surface area contributed by atoms with Crippen molar-refractivity contribution < 1.29 is 13.9 Å². The smallest absolute Gasteiger partial charge is 0.329 e. The number of hydrogen-bond donors (Lipinski definition) is 2. The quantitative estimate of drug-likeness (QED) is 0.789. The monoisotopic (exact) mass is 264 g/mol. The molecular formula is C9H10F2N2O3S. The molecule has 1 aromatic rings. The van der Waals surface area contributed by atoms with Gasteiger partial charge in [0.25, 0.3) is 5.56 Å². The van der Waals surface area contributed by atoms with E-state index in [2.05, 4.69) is 0 Å². The average molecular weight is 264 g/mol. The highest BCUT2D eigenvalue weighted by Gasteiger charge is 2.36. The zero-order valence-electron chi connectivity index (χ0n) is 8.60. The van der Waals surface area contributed by atoms with Gasteiger partial charge in [-0.05, 0) is 0 Å². The normalized spacial score (nSPS) is 28.5. The van der Waals surface area contributed by atoms with Crippen LogP contribution in [0.25, 0.3) is 0 Å². The van der Waals surface area contributed by atoms with Crippen LogP contribution in [0.5, 0.6) is 0 Å². The van der Waals surface area contributed by atoms with Crippen LogP contribution in [0, 0.1) is 5.82 Å². The maximum absolute atomic E-state index is 13.4. The van der Waals surface area contributed by atoms with Gasteiger partial charge in [-0.25, -0.2) is 9.18 Å². The number of aromatic nitrogens is 2. The number of aromatic amines is 1. The highest BCUT2D eigenvalue weighted by molar-refractivity contribution is 8.00. The first-order valence-electron chi connectivity index (χ1n) is 4.94. The minimum atomic E-state index is -1.25. The molecule has 0 unspecified atom stereocenters. The van der Waals surface area contributed by atoms with Crippen LogP contribution in [0.4, 0.5) is 8.78 Å². The predicted octanol–water partition coefficient (Wildman–Crippen LogP) is 0.0102. The van der Waals surface area contributed by atoms with Gasteiger partial charge in [0, 0.05) is 6.42 Å². The SMILES string of the molecule is O=c1[nH]c(=O)n([C@H]2C[C@H](F)[C@@H](CO)S2)cc1F. The Morgan fingerprint density at radius 2 is 2.29 bits per heavy atom. The molecule has 3 atom stereocenters. The molecule has 5 nitrogen and oxygen atoms in total. The summed E-state index contributed by atoms with van der Waals surface area (Å²) in [5.74, 6) is -1.09. The van der Waals surface area contributed by atoms with Gasteiger partial charge in [-0.3, -0.25) is 14.3 Å². The number of aliphatic hydroxyl groups excluding tert-OH is 1. The van der Waals surface area contributed by atoms with Gasteiger partial charge in [-0.15, -0.1) is 11.8 Å². The molecule has 0 amide bonds. The fourth-order valence-electron chi connectivity index (χ4n) is 1.70.